The van der Waals surface area contributed by atoms with Gasteiger partial charge in [0.2, 0.25) is 0 Å². The van der Waals surface area contributed by atoms with Crippen LogP contribution in [0.3, 0.4) is 0 Å². The molecule has 0 saturated carbocycles. The first-order chi connectivity index (χ1) is 7.43. The Hall–Kier alpha value is 0.230. The second-order valence-electron chi connectivity index (χ2n) is 3.94. The van der Waals surface area contributed by atoms with Gasteiger partial charge in [0.25, 0.3) is 0 Å². The first kappa shape index (κ1) is 13.3. The van der Waals surface area contributed by atoms with Crippen LogP contribution in [0.1, 0.15) is 19.3 Å². The molecule has 1 aliphatic heterocycles. The molecule has 0 spiro atoms. The van der Waals surface area contributed by atoms with Gasteiger partial charge in [-0.15, -0.1) is 0 Å². The van der Waals surface area contributed by atoms with Crippen LogP contribution in [0.25, 0.3) is 0 Å². The molecule has 0 aliphatic carbocycles. The van der Waals surface area contributed by atoms with Crippen molar-refractivity contribution in [2.24, 2.45) is 0 Å². The van der Waals surface area contributed by atoms with Gasteiger partial charge in [0.15, 0.2) is 0 Å². The van der Waals surface area contributed by atoms with E-state index >= 15 is 0 Å². The van der Waals surface area contributed by atoms with E-state index in [1.165, 1.54) is 31.6 Å². The van der Waals surface area contributed by atoms with Crippen molar-refractivity contribution < 1.29 is 4.74 Å². The zero-order chi connectivity index (χ0) is 10.8. The first-order valence-electron chi connectivity index (χ1n) is 5.95. The minimum absolute atomic E-state index is 0.804. The summed E-state index contributed by atoms with van der Waals surface area (Å²) in [5.74, 6) is 1.36. The molecule has 4 heteroatoms. The Balaban J connectivity index is 1.79. The summed E-state index contributed by atoms with van der Waals surface area (Å²) in [5, 5.41) is 7.70. The summed E-state index contributed by atoms with van der Waals surface area (Å²) >= 11 is 2.13. The van der Waals surface area contributed by atoms with Crippen LogP contribution in [0, 0.1) is 0 Å². The summed E-state index contributed by atoms with van der Waals surface area (Å²) < 4.78 is 4.96. The maximum Gasteiger partial charge on any atom is 0.0587 e. The largest absolute Gasteiger partial charge is 0.383 e. The Kier molecular flexibility index (Phi) is 8.38. The van der Waals surface area contributed by atoms with Gasteiger partial charge >= 0.3 is 0 Å². The monoisotopic (exact) mass is 232 g/mol. The minimum Gasteiger partial charge on any atom is -0.383 e. The lowest BCUT2D eigenvalue weighted by Crippen LogP contribution is -2.33. The minimum atomic E-state index is 0.804. The molecule has 3 nitrogen and oxygen atoms in total. The average Bonchev–Trinajstić information content (AvgIpc) is 2.29. The van der Waals surface area contributed by atoms with E-state index in [9.17, 15) is 0 Å². The van der Waals surface area contributed by atoms with Crippen LogP contribution in [-0.4, -0.2) is 50.9 Å². The average molecular weight is 232 g/mol. The molecule has 0 aromatic heterocycles. The number of rotatable bonds is 8. The van der Waals surface area contributed by atoms with E-state index in [1.807, 2.05) is 0 Å². The molecule has 0 bridgehead atoms. The van der Waals surface area contributed by atoms with E-state index in [0.29, 0.717) is 0 Å². The summed E-state index contributed by atoms with van der Waals surface area (Å²) in [6.07, 6.45) is 4.24. The molecule has 0 amide bonds. The molecule has 1 aliphatic rings. The Morgan fingerprint density at radius 1 is 1.20 bits per heavy atom. The molecular weight excluding hydrogens is 208 g/mol. The van der Waals surface area contributed by atoms with Gasteiger partial charge in [-0.05, 0) is 18.6 Å². The zero-order valence-corrected chi connectivity index (χ0v) is 10.6. The van der Waals surface area contributed by atoms with Crippen LogP contribution in [0.4, 0.5) is 0 Å². The molecule has 1 atom stereocenters. The van der Waals surface area contributed by atoms with Crippen LogP contribution in [0.15, 0.2) is 0 Å². The highest BCUT2D eigenvalue weighted by Crippen LogP contribution is 2.23. The Labute approximate surface area is 97.7 Å². The first-order valence-corrected chi connectivity index (χ1v) is 7.00. The van der Waals surface area contributed by atoms with Gasteiger partial charge in [-0.1, -0.05) is 6.42 Å². The zero-order valence-electron chi connectivity index (χ0n) is 9.76. The second kappa shape index (κ2) is 9.46. The molecule has 0 aromatic carbocycles. The molecule has 90 valence electrons. The van der Waals surface area contributed by atoms with Gasteiger partial charge < -0.3 is 15.4 Å². The molecule has 1 fully saturated rings. The predicted molar refractivity (Wildman–Crippen MR) is 67.7 cm³/mol. The number of methoxy groups -OCH3 is 1. The van der Waals surface area contributed by atoms with Crippen LogP contribution < -0.4 is 10.6 Å². The van der Waals surface area contributed by atoms with Crippen molar-refractivity contribution >= 4 is 11.8 Å². The van der Waals surface area contributed by atoms with E-state index < -0.39 is 0 Å². The molecule has 2 N–H and O–H groups in total. The SMILES string of the molecule is COCCNCCNCC1CCCCS1. The van der Waals surface area contributed by atoms with Gasteiger partial charge in [-0.3, -0.25) is 0 Å². The van der Waals surface area contributed by atoms with Gasteiger partial charge in [0.1, 0.15) is 0 Å². The standard InChI is InChI=1S/C11H24N2OS/c1-14-8-7-12-5-6-13-10-11-4-2-3-9-15-11/h11-13H,2-10H2,1H3. The number of hydrogen-bond donors (Lipinski definition) is 2. The van der Waals surface area contributed by atoms with Gasteiger partial charge in [0, 0.05) is 38.5 Å². The highest BCUT2D eigenvalue weighted by molar-refractivity contribution is 7.99. The van der Waals surface area contributed by atoms with E-state index in [1.54, 1.807) is 7.11 Å². The van der Waals surface area contributed by atoms with Gasteiger partial charge in [-0.2, -0.15) is 11.8 Å². The predicted octanol–water partition coefficient (Wildman–Crippen LogP) is 1.10. The van der Waals surface area contributed by atoms with Crippen molar-refractivity contribution in [3.8, 4) is 0 Å². The molecule has 0 radical (unpaired) electrons. The molecule has 15 heavy (non-hydrogen) atoms. The van der Waals surface area contributed by atoms with Crippen molar-refractivity contribution in [3.63, 3.8) is 0 Å². The fourth-order valence-electron chi connectivity index (χ4n) is 1.71. The molecule has 1 unspecified atom stereocenters. The summed E-state index contributed by atoms with van der Waals surface area (Å²) in [5.41, 5.74) is 0. The van der Waals surface area contributed by atoms with Crippen LogP contribution in [-0.2, 0) is 4.74 Å². The van der Waals surface area contributed by atoms with Gasteiger partial charge in [-0.25, -0.2) is 0 Å². The third-order valence-corrected chi connectivity index (χ3v) is 4.01. The summed E-state index contributed by atoms with van der Waals surface area (Å²) in [6, 6.07) is 0. The normalized spacial score (nSPS) is 21.8. The Morgan fingerprint density at radius 3 is 2.80 bits per heavy atom. The summed E-state index contributed by atoms with van der Waals surface area (Å²) in [4.78, 5) is 0. The van der Waals surface area contributed by atoms with Crippen molar-refractivity contribution in [1.29, 1.82) is 0 Å². The van der Waals surface area contributed by atoms with E-state index in [-0.39, 0.29) is 0 Å². The lowest BCUT2D eigenvalue weighted by Gasteiger charge is -2.21. The fourth-order valence-corrected chi connectivity index (χ4v) is 2.98. The number of hydrogen-bond acceptors (Lipinski definition) is 4. The number of ether oxygens (including phenoxy) is 1. The topological polar surface area (TPSA) is 33.3 Å². The Bertz CT molecular complexity index is 141. The summed E-state index contributed by atoms with van der Waals surface area (Å²) in [7, 11) is 1.74. The highest BCUT2D eigenvalue weighted by atomic mass is 32.2. The second-order valence-corrected chi connectivity index (χ2v) is 5.34. The van der Waals surface area contributed by atoms with Crippen molar-refractivity contribution in [3.05, 3.63) is 0 Å². The third-order valence-electron chi connectivity index (χ3n) is 2.61. The third kappa shape index (κ3) is 7.17. The maximum absolute atomic E-state index is 4.96. The Morgan fingerprint density at radius 2 is 2.07 bits per heavy atom. The van der Waals surface area contributed by atoms with Crippen LogP contribution in [0.2, 0.25) is 0 Å². The quantitative estimate of drug-likeness (QED) is 0.614. The summed E-state index contributed by atoms with van der Waals surface area (Å²) in [6.45, 7) is 5.05. The molecular formula is C11H24N2OS. The highest BCUT2D eigenvalue weighted by Gasteiger charge is 2.12. The lowest BCUT2D eigenvalue weighted by atomic mass is 10.2. The van der Waals surface area contributed by atoms with Crippen molar-refractivity contribution in [1.82, 2.24) is 10.6 Å². The van der Waals surface area contributed by atoms with E-state index in [2.05, 4.69) is 22.4 Å². The smallest absolute Gasteiger partial charge is 0.0587 e. The van der Waals surface area contributed by atoms with E-state index in [0.717, 1.165) is 31.5 Å². The van der Waals surface area contributed by atoms with Crippen LogP contribution >= 0.6 is 11.8 Å². The number of thioether (sulfide) groups is 1. The fraction of sp³-hybridized carbons (Fsp3) is 1.00. The van der Waals surface area contributed by atoms with Crippen LogP contribution in [0.5, 0.6) is 0 Å². The molecule has 1 heterocycles. The number of nitrogens with one attached hydrogen (secondary N) is 2. The molecule has 0 aromatic rings. The van der Waals surface area contributed by atoms with Crippen molar-refractivity contribution in [2.75, 3.05) is 45.6 Å². The molecule has 1 saturated heterocycles. The molecule has 1 rings (SSSR count). The van der Waals surface area contributed by atoms with E-state index in [4.69, 9.17) is 4.74 Å². The van der Waals surface area contributed by atoms with Crippen molar-refractivity contribution in [2.45, 2.75) is 24.5 Å². The lowest BCUT2D eigenvalue weighted by molar-refractivity contribution is 0.199. The van der Waals surface area contributed by atoms with Gasteiger partial charge in [0.05, 0.1) is 6.61 Å². The maximum atomic E-state index is 4.96.